The minimum atomic E-state index is 0.171. The average Bonchev–Trinajstić information content (AvgIpc) is 2.28. The van der Waals surface area contributed by atoms with Gasteiger partial charge in [-0.25, -0.2) is 4.98 Å². The number of hydrogen-bond donors (Lipinski definition) is 2. The molecule has 0 atom stereocenters. The molecule has 1 aromatic heterocycles. The van der Waals surface area contributed by atoms with Gasteiger partial charge in [0, 0.05) is 9.26 Å². The second-order valence-electron chi connectivity index (χ2n) is 3.53. The summed E-state index contributed by atoms with van der Waals surface area (Å²) >= 11 is 7.98. The lowest BCUT2D eigenvalue weighted by Crippen LogP contribution is -2.02. The van der Waals surface area contributed by atoms with Crippen molar-refractivity contribution in [3.63, 3.8) is 0 Å². The monoisotopic (exact) mass is 360 g/mol. The van der Waals surface area contributed by atoms with Gasteiger partial charge in [-0.3, -0.25) is 0 Å². The van der Waals surface area contributed by atoms with E-state index in [4.69, 9.17) is 17.3 Å². The number of nitrogens with two attached hydrogens (primary N) is 1. The van der Waals surface area contributed by atoms with Gasteiger partial charge in [0.25, 0.3) is 0 Å². The van der Waals surface area contributed by atoms with Gasteiger partial charge in [0.2, 0.25) is 5.28 Å². The summed E-state index contributed by atoms with van der Waals surface area (Å²) in [5.74, 6) is 0.523. The van der Waals surface area contributed by atoms with Crippen LogP contribution < -0.4 is 11.1 Å². The number of nitrogens with zero attached hydrogens (tertiary/aromatic N) is 2. The molecule has 0 fully saturated rings. The van der Waals surface area contributed by atoms with Crippen LogP contribution in [0.2, 0.25) is 5.28 Å². The van der Waals surface area contributed by atoms with Gasteiger partial charge in [-0.2, -0.15) is 4.98 Å². The van der Waals surface area contributed by atoms with E-state index >= 15 is 0 Å². The van der Waals surface area contributed by atoms with E-state index in [1.54, 1.807) is 0 Å². The Morgan fingerprint density at radius 2 is 2.18 bits per heavy atom. The SMILES string of the molecule is Cc1ccc(I)cc1Nc1nc(Cl)ncc1N. The topological polar surface area (TPSA) is 63.8 Å². The van der Waals surface area contributed by atoms with Crippen LogP contribution in [0.4, 0.5) is 17.2 Å². The maximum atomic E-state index is 5.78. The molecule has 3 N–H and O–H groups in total. The van der Waals surface area contributed by atoms with Crippen molar-refractivity contribution in [2.45, 2.75) is 6.92 Å². The van der Waals surface area contributed by atoms with Crippen molar-refractivity contribution < 1.29 is 0 Å². The summed E-state index contributed by atoms with van der Waals surface area (Å²) in [6.45, 7) is 2.01. The highest BCUT2D eigenvalue weighted by molar-refractivity contribution is 14.1. The molecule has 0 spiro atoms. The summed E-state index contributed by atoms with van der Waals surface area (Å²) in [5, 5.41) is 3.33. The highest BCUT2D eigenvalue weighted by Gasteiger charge is 2.05. The van der Waals surface area contributed by atoms with Crippen molar-refractivity contribution in [1.82, 2.24) is 9.97 Å². The number of halogens is 2. The van der Waals surface area contributed by atoms with Crippen LogP contribution in [0.5, 0.6) is 0 Å². The molecule has 0 saturated carbocycles. The summed E-state index contributed by atoms with van der Waals surface area (Å²) in [4.78, 5) is 7.86. The number of anilines is 3. The fourth-order valence-electron chi connectivity index (χ4n) is 1.33. The predicted octanol–water partition coefficient (Wildman–Crippen LogP) is 3.37. The number of benzene rings is 1. The van der Waals surface area contributed by atoms with Gasteiger partial charge in [-0.15, -0.1) is 0 Å². The summed E-state index contributed by atoms with van der Waals surface area (Å²) in [6.07, 6.45) is 1.49. The molecular weight excluding hydrogens is 351 g/mol. The molecule has 0 bridgehead atoms. The Morgan fingerprint density at radius 1 is 1.41 bits per heavy atom. The summed E-state index contributed by atoms with van der Waals surface area (Å²) in [5.41, 5.74) is 8.31. The Bertz CT molecular complexity index is 510. The van der Waals surface area contributed by atoms with E-state index in [0.29, 0.717) is 11.5 Å². The van der Waals surface area contributed by atoms with Gasteiger partial charge in [-0.1, -0.05) is 6.07 Å². The fourth-order valence-corrected chi connectivity index (χ4v) is 1.95. The van der Waals surface area contributed by atoms with E-state index in [2.05, 4.69) is 37.9 Å². The van der Waals surface area contributed by atoms with Crippen molar-refractivity contribution in [1.29, 1.82) is 0 Å². The minimum Gasteiger partial charge on any atom is -0.394 e. The van der Waals surface area contributed by atoms with Crippen LogP contribution in [0.25, 0.3) is 0 Å². The lowest BCUT2D eigenvalue weighted by atomic mass is 10.2. The zero-order valence-electron chi connectivity index (χ0n) is 9.04. The normalized spacial score (nSPS) is 10.3. The molecule has 0 aliphatic rings. The predicted molar refractivity (Wildman–Crippen MR) is 78.6 cm³/mol. The van der Waals surface area contributed by atoms with Gasteiger partial charge >= 0.3 is 0 Å². The first-order valence-corrected chi connectivity index (χ1v) is 6.33. The maximum absolute atomic E-state index is 5.78. The summed E-state index contributed by atoms with van der Waals surface area (Å²) in [7, 11) is 0. The molecule has 0 radical (unpaired) electrons. The molecule has 0 saturated heterocycles. The number of aromatic nitrogens is 2. The van der Waals surface area contributed by atoms with Crippen LogP contribution in [-0.2, 0) is 0 Å². The van der Waals surface area contributed by atoms with E-state index in [0.717, 1.165) is 14.8 Å². The number of aryl methyl sites for hydroxylation is 1. The van der Waals surface area contributed by atoms with Crippen molar-refractivity contribution in [2.24, 2.45) is 0 Å². The number of nitrogens with one attached hydrogen (secondary N) is 1. The van der Waals surface area contributed by atoms with E-state index < -0.39 is 0 Å². The summed E-state index contributed by atoms with van der Waals surface area (Å²) < 4.78 is 1.13. The number of hydrogen-bond acceptors (Lipinski definition) is 4. The second-order valence-corrected chi connectivity index (χ2v) is 5.11. The first-order valence-electron chi connectivity index (χ1n) is 4.87. The summed E-state index contributed by atoms with van der Waals surface area (Å²) in [6, 6.07) is 6.09. The largest absolute Gasteiger partial charge is 0.394 e. The van der Waals surface area contributed by atoms with E-state index in [1.807, 2.05) is 25.1 Å². The van der Waals surface area contributed by atoms with Gasteiger partial charge < -0.3 is 11.1 Å². The lowest BCUT2D eigenvalue weighted by Gasteiger charge is -2.11. The molecule has 88 valence electrons. The molecular formula is C11H10ClIN4. The zero-order chi connectivity index (χ0) is 12.4. The maximum Gasteiger partial charge on any atom is 0.224 e. The van der Waals surface area contributed by atoms with E-state index in [9.17, 15) is 0 Å². The van der Waals surface area contributed by atoms with Gasteiger partial charge in [0.1, 0.15) is 0 Å². The number of rotatable bonds is 2. The van der Waals surface area contributed by atoms with Crippen LogP contribution in [0.15, 0.2) is 24.4 Å². The zero-order valence-corrected chi connectivity index (χ0v) is 12.0. The van der Waals surface area contributed by atoms with Gasteiger partial charge in [-0.05, 0) is 58.8 Å². The third-order valence-electron chi connectivity index (χ3n) is 2.24. The highest BCUT2D eigenvalue weighted by Crippen LogP contribution is 2.25. The molecule has 17 heavy (non-hydrogen) atoms. The Kier molecular flexibility index (Phi) is 3.68. The van der Waals surface area contributed by atoms with Crippen LogP contribution in [0, 0.1) is 10.5 Å². The first-order chi connectivity index (χ1) is 8.06. The van der Waals surface area contributed by atoms with Crippen LogP contribution in [-0.4, -0.2) is 9.97 Å². The van der Waals surface area contributed by atoms with Gasteiger partial charge in [0.15, 0.2) is 5.82 Å². The molecule has 1 aromatic carbocycles. The van der Waals surface area contributed by atoms with Crippen molar-refractivity contribution in [3.8, 4) is 0 Å². The van der Waals surface area contributed by atoms with Crippen molar-refractivity contribution in [3.05, 3.63) is 38.8 Å². The standard InChI is InChI=1S/C11H10ClIN4/c1-6-2-3-7(13)4-9(6)16-10-8(14)5-15-11(12)17-10/h2-5H,14H2,1H3,(H,15,16,17). The molecule has 2 aromatic rings. The molecule has 2 rings (SSSR count). The molecule has 0 amide bonds. The van der Waals surface area contributed by atoms with Crippen LogP contribution in [0.1, 0.15) is 5.56 Å². The first kappa shape index (κ1) is 12.4. The molecule has 0 unspecified atom stereocenters. The second kappa shape index (κ2) is 5.05. The van der Waals surface area contributed by atoms with Crippen molar-refractivity contribution >= 4 is 51.4 Å². The van der Waals surface area contributed by atoms with Crippen molar-refractivity contribution in [2.75, 3.05) is 11.1 Å². The lowest BCUT2D eigenvalue weighted by molar-refractivity contribution is 1.17. The molecule has 0 aliphatic carbocycles. The van der Waals surface area contributed by atoms with E-state index in [-0.39, 0.29) is 5.28 Å². The van der Waals surface area contributed by atoms with E-state index in [1.165, 1.54) is 6.20 Å². The number of nitrogen functional groups attached to an aromatic ring is 1. The fraction of sp³-hybridized carbons (Fsp3) is 0.0909. The molecule has 1 heterocycles. The minimum absolute atomic E-state index is 0.171. The molecule has 4 nitrogen and oxygen atoms in total. The third kappa shape index (κ3) is 2.98. The third-order valence-corrected chi connectivity index (χ3v) is 3.09. The Hall–Kier alpha value is -1.08. The average molecular weight is 361 g/mol. The smallest absolute Gasteiger partial charge is 0.224 e. The Labute approximate surface area is 118 Å². The molecule has 6 heteroatoms. The van der Waals surface area contributed by atoms with Gasteiger partial charge in [0.05, 0.1) is 11.9 Å². The molecule has 0 aliphatic heterocycles. The van der Waals surface area contributed by atoms with Crippen LogP contribution in [0.3, 0.4) is 0 Å². The van der Waals surface area contributed by atoms with Crippen LogP contribution >= 0.6 is 34.2 Å². The highest BCUT2D eigenvalue weighted by atomic mass is 127. The quantitative estimate of drug-likeness (QED) is 0.637. The Morgan fingerprint density at radius 3 is 2.94 bits per heavy atom. The Balaban J connectivity index is 2.37.